The Labute approximate surface area is 169 Å². The molecule has 8 nitrogen and oxygen atoms in total. The lowest BCUT2D eigenvalue weighted by atomic mass is 10.1. The number of halogens is 2. The van der Waals surface area contributed by atoms with Crippen molar-refractivity contribution in [3.05, 3.63) is 27.8 Å². The van der Waals surface area contributed by atoms with Gasteiger partial charge in [0.05, 0.1) is 23.8 Å². The van der Waals surface area contributed by atoms with Crippen LogP contribution in [0.5, 0.6) is 0 Å². The number of sulfonamides is 1. The van der Waals surface area contributed by atoms with Crippen molar-refractivity contribution >= 4 is 53.3 Å². The van der Waals surface area contributed by atoms with E-state index in [1.54, 1.807) is 6.92 Å². The van der Waals surface area contributed by atoms with Crippen LogP contribution in [-0.4, -0.2) is 67.7 Å². The smallest absolute Gasteiger partial charge is 0.271 e. The molecule has 2 rings (SSSR count). The van der Waals surface area contributed by atoms with Crippen LogP contribution in [0, 0.1) is 17.0 Å². The molecule has 11 heteroatoms. The minimum Gasteiger partial charge on any atom is -0.379 e. The van der Waals surface area contributed by atoms with Gasteiger partial charge in [-0.05, 0) is 12.5 Å². The average Bonchev–Trinajstić information content (AvgIpc) is 2.61. The fraction of sp³-hybridized carbons (Fsp3) is 0.600. The average molecular weight is 515 g/mol. The van der Waals surface area contributed by atoms with Crippen LogP contribution in [-0.2, 0) is 14.8 Å². The van der Waals surface area contributed by atoms with Gasteiger partial charge in [-0.3, -0.25) is 10.1 Å². The molecule has 1 heterocycles. The third-order valence-electron chi connectivity index (χ3n) is 4.07. The zero-order valence-corrected chi connectivity index (χ0v) is 18.3. The Hall–Kier alpha value is -0.750. The molecule has 0 unspecified atom stereocenters. The van der Waals surface area contributed by atoms with Crippen molar-refractivity contribution in [2.75, 3.05) is 55.0 Å². The molecule has 0 spiro atoms. The molecule has 1 fully saturated rings. The molecule has 0 N–H and O–H groups in total. The first-order chi connectivity index (χ1) is 12.3. The molecule has 1 aliphatic heterocycles. The highest BCUT2D eigenvalue weighted by Crippen LogP contribution is 2.35. The van der Waals surface area contributed by atoms with Gasteiger partial charge in [-0.15, -0.1) is 0 Å². The highest BCUT2D eigenvalue weighted by atomic mass is 79.9. The van der Waals surface area contributed by atoms with Gasteiger partial charge in [0, 0.05) is 49.0 Å². The summed E-state index contributed by atoms with van der Waals surface area (Å²) >= 11 is 6.78. The second-order valence-electron chi connectivity index (χ2n) is 5.75. The Kier molecular flexibility index (Phi) is 7.83. The van der Waals surface area contributed by atoms with Crippen molar-refractivity contribution in [1.82, 2.24) is 4.31 Å². The summed E-state index contributed by atoms with van der Waals surface area (Å²) in [5.74, 6) is 0. The van der Waals surface area contributed by atoms with Crippen LogP contribution in [0.25, 0.3) is 0 Å². The number of non-ortho nitro benzene ring substituents is 1. The molecule has 0 aliphatic carbocycles. The van der Waals surface area contributed by atoms with Crippen molar-refractivity contribution in [2.45, 2.75) is 11.8 Å². The Bertz CT molecular complexity index is 748. The van der Waals surface area contributed by atoms with Gasteiger partial charge >= 0.3 is 0 Å². The first-order valence-corrected chi connectivity index (χ1v) is 11.7. The summed E-state index contributed by atoms with van der Waals surface area (Å²) < 4.78 is 33.1. The fourth-order valence-corrected chi connectivity index (χ4v) is 5.47. The quantitative estimate of drug-likeness (QED) is 0.300. The third-order valence-corrected chi connectivity index (χ3v) is 6.70. The predicted molar refractivity (Wildman–Crippen MR) is 107 cm³/mol. The van der Waals surface area contributed by atoms with Crippen LogP contribution in [0.3, 0.4) is 0 Å². The van der Waals surface area contributed by atoms with Crippen LogP contribution in [0.1, 0.15) is 5.56 Å². The van der Waals surface area contributed by atoms with E-state index in [4.69, 9.17) is 4.74 Å². The number of morpholine rings is 1. The predicted octanol–water partition coefficient (Wildman–Crippen LogP) is 2.52. The van der Waals surface area contributed by atoms with Crippen molar-refractivity contribution in [3.63, 3.8) is 0 Å². The molecule has 1 aliphatic rings. The maximum atomic E-state index is 13.2. The van der Waals surface area contributed by atoms with Gasteiger partial charge in [0.2, 0.25) is 10.0 Å². The number of ether oxygens (including phenoxy) is 1. The number of rotatable bonds is 8. The monoisotopic (exact) mass is 513 g/mol. The Morgan fingerprint density at radius 3 is 2.31 bits per heavy atom. The molecule has 0 aromatic heterocycles. The van der Waals surface area contributed by atoms with Gasteiger partial charge in [-0.25, -0.2) is 8.42 Å². The van der Waals surface area contributed by atoms with E-state index in [1.165, 1.54) is 16.4 Å². The third kappa shape index (κ3) is 4.75. The summed E-state index contributed by atoms with van der Waals surface area (Å²) in [5.41, 5.74) is 0.852. The van der Waals surface area contributed by atoms with E-state index in [9.17, 15) is 18.5 Å². The minimum absolute atomic E-state index is 0.0204. The number of nitro benzene ring substituents is 1. The number of benzene rings is 1. The molecule has 1 aromatic rings. The molecule has 1 aromatic carbocycles. The molecule has 0 atom stereocenters. The van der Waals surface area contributed by atoms with Gasteiger partial charge in [-0.1, -0.05) is 31.9 Å². The number of nitro groups is 1. The first kappa shape index (κ1) is 21.5. The standard InChI is InChI=1S/C15H21Br2N3O5S/c1-12-10-13(20(21)22)11-14(15(12)18(4-2-16)5-3-17)26(23,24)19-6-8-25-9-7-19/h10-11H,2-9H2,1H3. The number of hydrogen-bond acceptors (Lipinski definition) is 6. The van der Waals surface area contributed by atoms with Gasteiger partial charge < -0.3 is 9.64 Å². The summed E-state index contributed by atoms with van der Waals surface area (Å²) in [4.78, 5) is 12.6. The van der Waals surface area contributed by atoms with E-state index in [0.29, 0.717) is 48.2 Å². The largest absolute Gasteiger partial charge is 0.379 e. The maximum absolute atomic E-state index is 13.2. The SMILES string of the molecule is Cc1cc([N+](=O)[O-])cc(S(=O)(=O)N2CCOCC2)c1N(CCBr)CCBr. The Balaban J connectivity index is 2.64. The van der Waals surface area contributed by atoms with Crippen LogP contribution >= 0.6 is 31.9 Å². The summed E-state index contributed by atoms with van der Waals surface area (Å²) in [6.45, 7) is 3.96. The maximum Gasteiger partial charge on any atom is 0.271 e. The molecule has 0 amide bonds. The van der Waals surface area contributed by atoms with E-state index < -0.39 is 14.9 Å². The normalized spacial score (nSPS) is 15.8. The van der Waals surface area contributed by atoms with E-state index in [-0.39, 0.29) is 23.7 Å². The van der Waals surface area contributed by atoms with Crippen LogP contribution in [0.2, 0.25) is 0 Å². The van der Waals surface area contributed by atoms with Crippen molar-refractivity contribution in [2.24, 2.45) is 0 Å². The molecular weight excluding hydrogens is 494 g/mol. The van der Waals surface area contributed by atoms with Crippen molar-refractivity contribution in [3.8, 4) is 0 Å². The molecule has 26 heavy (non-hydrogen) atoms. The lowest BCUT2D eigenvalue weighted by Gasteiger charge is -2.31. The number of anilines is 1. The molecule has 0 saturated carbocycles. The molecular formula is C15H21Br2N3O5S. The molecule has 146 valence electrons. The highest BCUT2D eigenvalue weighted by Gasteiger charge is 2.32. The van der Waals surface area contributed by atoms with Gasteiger partial charge in [0.25, 0.3) is 5.69 Å². The van der Waals surface area contributed by atoms with Gasteiger partial charge in [-0.2, -0.15) is 4.31 Å². The zero-order valence-electron chi connectivity index (χ0n) is 14.4. The molecule has 0 radical (unpaired) electrons. The summed E-state index contributed by atoms with van der Waals surface area (Å²) in [5, 5.41) is 12.6. The van der Waals surface area contributed by atoms with Gasteiger partial charge in [0.15, 0.2) is 0 Å². The summed E-state index contributed by atoms with van der Waals surface area (Å²) in [6.07, 6.45) is 0. The fourth-order valence-electron chi connectivity index (χ4n) is 2.90. The first-order valence-electron chi connectivity index (χ1n) is 8.06. The topological polar surface area (TPSA) is 93.0 Å². The summed E-state index contributed by atoms with van der Waals surface area (Å²) in [7, 11) is -3.88. The Morgan fingerprint density at radius 1 is 1.23 bits per heavy atom. The Morgan fingerprint density at radius 2 is 1.81 bits per heavy atom. The number of alkyl halides is 2. The van der Waals surface area contributed by atoms with E-state index in [2.05, 4.69) is 31.9 Å². The van der Waals surface area contributed by atoms with Crippen molar-refractivity contribution < 1.29 is 18.1 Å². The number of aryl methyl sites for hydroxylation is 1. The molecule has 0 bridgehead atoms. The van der Waals surface area contributed by atoms with E-state index in [1.807, 2.05) is 4.90 Å². The number of hydrogen-bond donors (Lipinski definition) is 0. The van der Waals surface area contributed by atoms with Crippen molar-refractivity contribution in [1.29, 1.82) is 0 Å². The number of nitrogens with zero attached hydrogens (tertiary/aromatic N) is 3. The minimum atomic E-state index is -3.88. The van der Waals surface area contributed by atoms with E-state index >= 15 is 0 Å². The second-order valence-corrected chi connectivity index (χ2v) is 9.24. The second kappa shape index (κ2) is 9.45. The lowest BCUT2D eigenvalue weighted by Crippen LogP contribution is -2.41. The van der Waals surface area contributed by atoms with Crippen LogP contribution in [0.15, 0.2) is 17.0 Å². The van der Waals surface area contributed by atoms with Crippen LogP contribution in [0.4, 0.5) is 11.4 Å². The van der Waals surface area contributed by atoms with E-state index in [0.717, 1.165) is 0 Å². The lowest BCUT2D eigenvalue weighted by molar-refractivity contribution is -0.385. The zero-order chi connectivity index (χ0) is 19.3. The molecule has 1 saturated heterocycles. The van der Waals surface area contributed by atoms with Crippen LogP contribution < -0.4 is 4.90 Å². The highest BCUT2D eigenvalue weighted by molar-refractivity contribution is 9.09. The summed E-state index contributed by atoms with van der Waals surface area (Å²) in [6, 6.07) is 2.59. The van der Waals surface area contributed by atoms with Gasteiger partial charge in [0.1, 0.15) is 4.90 Å².